The van der Waals surface area contributed by atoms with E-state index >= 15 is 0 Å². The molecule has 152 valence electrons. The van der Waals surface area contributed by atoms with E-state index in [4.69, 9.17) is 0 Å². The van der Waals surface area contributed by atoms with Crippen LogP contribution in [0.5, 0.6) is 23.0 Å². The fourth-order valence-electron chi connectivity index (χ4n) is 4.41. The summed E-state index contributed by atoms with van der Waals surface area (Å²) in [5.41, 5.74) is 1.74. The van der Waals surface area contributed by atoms with E-state index in [1.54, 1.807) is 0 Å². The number of rotatable bonds is 3. The Morgan fingerprint density at radius 1 is 0.484 bits per heavy atom. The van der Waals surface area contributed by atoms with Crippen molar-refractivity contribution < 1.29 is 20.4 Å². The first-order valence-electron chi connectivity index (χ1n) is 9.98. The molecule has 4 N–H and O–H groups in total. The first kappa shape index (κ1) is 18.8. The largest absolute Gasteiger partial charge is 0.504 e. The van der Waals surface area contributed by atoms with Crippen LogP contribution >= 0.6 is 0 Å². The topological polar surface area (TPSA) is 80.9 Å². The number of aromatic hydroxyl groups is 4. The van der Waals surface area contributed by atoms with Crippen molar-refractivity contribution in [1.82, 2.24) is 0 Å². The summed E-state index contributed by atoms with van der Waals surface area (Å²) in [4.78, 5) is 0. The SMILES string of the molecule is Oc1cc2ccccc2c(C(c2ccccc2)c2c(O)c(O)cc3ccccc23)c1O. The number of fused-ring (bicyclic) bond motifs is 2. The second-order valence-corrected chi connectivity index (χ2v) is 7.60. The summed E-state index contributed by atoms with van der Waals surface area (Å²) in [5, 5.41) is 46.1. The number of phenolic OH excluding ortho intramolecular Hbond substituents is 4. The minimum absolute atomic E-state index is 0.237. The van der Waals surface area contributed by atoms with Crippen LogP contribution in [-0.4, -0.2) is 20.4 Å². The maximum Gasteiger partial charge on any atom is 0.162 e. The van der Waals surface area contributed by atoms with Gasteiger partial charge in [0.2, 0.25) is 0 Å². The molecule has 0 fully saturated rings. The highest BCUT2D eigenvalue weighted by molar-refractivity contribution is 5.95. The zero-order valence-electron chi connectivity index (χ0n) is 16.5. The van der Waals surface area contributed by atoms with Gasteiger partial charge in [-0.25, -0.2) is 0 Å². The quantitative estimate of drug-likeness (QED) is 0.218. The predicted molar refractivity (Wildman–Crippen MR) is 122 cm³/mol. The van der Waals surface area contributed by atoms with Crippen molar-refractivity contribution in [2.24, 2.45) is 0 Å². The van der Waals surface area contributed by atoms with Crippen LogP contribution < -0.4 is 0 Å². The molecule has 31 heavy (non-hydrogen) atoms. The van der Waals surface area contributed by atoms with Gasteiger partial charge in [0, 0.05) is 17.0 Å². The average Bonchev–Trinajstić information content (AvgIpc) is 2.79. The molecule has 0 spiro atoms. The molecule has 0 saturated heterocycles. The van der Waals surface area contributed by atoms with Crippen molar-refractivity contribution in [3.05, 3.63) is 108 Å². The number of benzene rings is 5. The van der Waals surface area contributed by atoms with Crippen LogP contribution in [0.3, 0.4) is 0 Å². The molecule has 5 aromatic rings. The molecular weight excluding hydrogens is 388 g/mol. The fourth-order valence-corrected chi connectivity index (χ4v) is 4.41. The van der Waals surface area contributed by atoms with Gasteiger partial charge >= 0.3 is 0 Å². The highest BCUT2D eigenvalue weighted by Gasteiger charge is 2.29. The Bertz CT molecular complexity index is 1330. The molecule has 4 nitrogen and oxygen atoms in total. The lowest BCUT2D eigenvalue weighted by atomic mass is 9.79. The maximum atomic E-state index is 11.0. The molecule has 0 radical (unpaired) electrons. The van der Waals surface area contributed by atoms with Crippen LogP contribution in [0.15, 0.2) is 91.0 Å². The molecule has 0 aliphatic heterocycles. The average molecular weight is 408 g/mol. The smallest absolute Gasteiger partial charge is 0.162 e. The Morgan fingerprint density at radius 2 is 0.903 bits per heavy atom. The summed E-state index contributed by atoms with van der Waals surface area (Å²) in [6, 6.07) is 27.4. The maximum absolute atomic E-state index is 11.0. The van der Waals surface area contributed by atoms with Crippen molar-refractivity contribution in [1.29, 1.82) is 0 Å². The summed E-state index contributed by atoms with van der Waals surface area (Å²) in [7, 11) is 0. The number of hydrogen-bond donors (Lipinski definition) is 4. The normalized spacial score (nSPS) is 11.4. The molecule has 4 heteroatoms. The van der Waals surface area contributed by atoms with E-state index in [-0.39, 0.29) is 23.0 Å². The third kappa shape index (κ3) is 3.01. The molecule has 0 aromatic heterocycles. The van der Waals surface area contributed by atoms with Crippen LogP contribution in [-0.2, 0) is 0 Å². The molecule has 0 aliphatic carbocycles. The second-order valence-electron chi connectivity index (χ2n) is 7.60. The zero-order chi connectivity index (χ0) is 21.5. The lowest BCUT2D eigenvalue weighted by Crippen LogP contribution is -2.06. The summed E-state index contributed by atoms with van der Waals surface area (Å²) < 4.78 is 0. The van der Waals surface area contributed by atoms with E-state index in [0.29, 0.717) is 11.1 Å². The van der Waals surface area contributed by atoms with E-state index in [1.807, 2.05) is 78.9 Å². The molecule has 0 bridgehead atoms. The van der Waals surface area contributed by atoms with Crippen molar-refractivity contribution in [3.8, 4) is 23.0 Å². The van der Waals surface area contributed by atoms with Crippen LogP contribution in [0.4, 0.5) is 0 Å². The minimum atomic E-state index is -0.643. The zero-order valence-corrected chi connectivity index (χ0v) is 16.5. The molecule has 5 aromatic carbocycles. The van der Waals surface area contributed by atoms with Gasteiger partial charge in [0.15, 0.2) is 23.0 Å². The molecular formula is C27H20O4. The molecule has 0 unspecified atom stereocenters. The second kappa shape index (κ2) is 7.26. The van der Waals surface area contributed by atoms with Gasteiger partial charge in [0.05, 0.1) is 0 Å². The highest BCUT2D eigenvalue weighted by Crippen LogP contribution is 2.50. The molecule has 0 heterocycles. The molecule has 0 atom stereocenters. The Kier molecular flexibility index (Phi) is 4.41. The lowest BCUT2D eigenvalue weighted by molar-refractivity contribution is 0.395. The minimum Gasteiger partial charge on any atom is -0.504 e. The first-order valence-corrected chi connectivity index (χ1v) is 9.98. The number of hydrogen-bond acceptors (Lipinski definition) is 4. The van der Waals surface area contributed by atoms with Crippen molar-refractivity contribution in [2.45, 2.75) is 5.92 Å². The highest BCUT2D eigenvalue weighted by atomic mass is 16.3. The van der Waals surface area contributed by atoms with Gasteiger partial charge in [-0.05, 0) is 39.2 Å². The lowest BCUT2D eigenvalue weighted by Gasteiger charge is -2.25. The van der Waals surface area contributed by atoms with Gasteiger partial charge < -0.3 is 20.4 Å². The van der Waals surface area contributed by atoms with Gasteiger partial charge in [-0.2, -0.15) is 0 Å². The van der Waals surface area contributed by atoms with E-state index < -0.39 is 5.92 Å². The van der Waals surface area contributed by atoms with Crippen molar-refractivity contribution >= 4 is 21.5 Å². The van der Waals surface area contributed by atoms with Crippen LogP contribution in [0.25, 0.3) is 21.5 Å². The van der Waals surface area contributed by atoms with Crippen molar-refractivity contribution in [2.75, 3.05) is 0 Å². The molecule has 5 rings (SSSR count). The van der Waals surface area contributed by atoms with Gasteiger partial charge in [0.25, 0.3) is 0 Å². The van der Waals surface area contributed by atoms with Gasteiger partial charge in [-0.15, -0.1) is 0 Å². The first-order chi connectivity index (χ1) is 15.1. The summed E-state index contributed by atoms with van der Waals surface area (Å²) >= 11 is 0. The van der Waals surface area contributed by atoms with Crippen LogP contribution in [0.2, 0.25) is 0 Å². The summed E-state index contributed by atoms with van der Waals surface area (Å²) in [5.74, 6) is -1.62. The predicted octanol–water partition coefficient (Wildman–Crippen LogP) is 6.00. The van der Waals surface area contributed by atoms with Crippen LogP contribution in [0, 0.1) is 0 Å². The van der Waals surface area contributed by atoms with Gasteiger partial charge in [-0.3, -0.25) is 0 Å². The molecule has 0 aliphatic rings. The Morgan fingerprint density at radius 3 is 1.39 bits per heavy atom. The van der Waals surface area contributed by atoms with Crippen molar-refractivity contribution in [3.63, 3.8) is 0 Å². The van der Waals surface area contributed by atoms with E-state index in [1.165, 1.54) is 12.1 Å². The van der Waals surface area contributed by atoms with Crippen LogP contribution in [0.1, 0.15) is 22.6 Å². The third-order valence-corrected chi connectivity index (χ3v) is 5.79. The monoisotopic (exact) mass is 408 g/mol. The Hall–Kier alpha value is -4.18. The van der Waals surface area contributed by atoms with Gasteiger partial charge in [-0.1, -0.05) is 78.9 Å². The van der Waals surface area contributed by atoms with E-state index in [2.05, 4.69) is 0 Å². The number of phenols is 4. The Labute approximate surface area is 178 Å². The van der Waals surface area contributed by atoms with E-state index in [0.717, 1.165) is 27.1 Å². The standard InChI is InChI=1S/C27H20O4/c28-21-14-17-10-4-6-12-19(17)24(26(21)30)23(16-8-2-1-3-9-16)25-20-13-7-5-11-18(20)15-22(29)27(25)31/h1-15,23,28-31H. The fraction of sp³-hybridized carbons (Fsp3) is 0.0370. The van der Waals surface area contributed by atoms with Gasteiger partial charge in [0.1, 0.15) is 0 Å². The molecule has 0 amide bonds. The third-order valence-electron chi connectivity index (χ3n) is 5.79. The summed E-state index contributed by atoms with van der Waals surface area (Å²) in [6.45, 7) is 0. The van der Waals surface area contributed by atoms with E-state index in [9.17, 15) is 20.4 Å². The molecule has 0 saturated carbocycles. The Balaban J connectivity index is 1.97. The summed E-state index contributed by atoms with van der Waals surface area (Å²) in [6.07, 6.45) is 0.